The van der Waals surface area contributed by atoms with E-state index >= 15 is 8.78 Å². The van der Waals surface area contributed by atoms with Crippen molar-refractivity contribution < 1.29 is 50.5 Å². The molecule has 1 saturated carbocycles. The Bertz CT molecular complexity index is 1970. The topological polar surface area (TPSA) is 137 Å². The van der Waals surface area contributed by atoms with Crippen molar-refractivity contribution in [2.45, 2.75) is 50.0 Å². The van der Waals surface area contributed by atoms with Gasteiger partial charge in [-0.05, 0) is 68.7 Å². The molecule has 4 N–H and O–H groups in total. The maximum Gasteiger partial charge on any atom is 0.387 e. The molecule has 3 heterocycles. The first-order valence-electron chi connectivity index (χ1n) is 14.3. The number of nitrogens with zero attached hydrogens (tertiary/aromatic N) is 2. The first kappa shape index (κ1) is 32.0. The number of aromatic nitrogens is 2. The molecule has 2 aromatic heterocycles. The normalized spacial score (nSPS) is 19.2. The number of hydrogen-bond donors (Lipinski definition) is 3. The molecule has 15 heteroatoms. The van der Waals surface area contributed by atoms with Crippen LogP contribution < -0.4 is 20.5 Å². The lowest BCUT2D eigenvalue weighted by Gasteiger charge is -2.33. The second-order valence-electron chi connectivity index (χ2n) is 11.9. The average Bonchev–Trinajstić information content (AvgIpc) is 3.69. The van der Waals surface area contributed by atoms with E-state index in [4.69, 9.17) is 10.5 Å². The summed E-state index contributed by atoms with van der Waals surface area (Å²) in [6.07, 6.45) is 1.04. The highest BCUT2D eigenvalue weighted by Crippen LogP contribution is 2.55. The van der Waals surface area contributed by atoms with E-state index in [0.29, 0.717) is 11.6 Å². The maximum atomic E-state index is 16.1. The third-order valence-corrected chi connectivity index (χ3v) is 8.63. The first-order chi connectivity index (χ1) is 22.1. The number of rotatable bonds is 9. The van der Waals surface area contributed by atoms with Gasteiger partial charge in [0.15, 0.2) is 28.8 Å². The lowest BCUT2D eigenvalue weighted by molar-refractivity contribution is -0.123. The summed E-state index contributed by atoms with van der Waals surface area (Å²) in [5.41, 5.74) is -2.06. The van der Waals surface area contributed by atoms with E-state index in [2.05, 4.69) is 20.0 Å². The Kier molecular flexibility index (Phi) is 7.57. The highest BCUT2D eigenvalue weighted by molar-refractivity contribution is 6.00. The molecular weight excluding hydrogens is 634 g/mol. The number of nitrogens with one attached hydrogen (secondary N) is 1. The van der Waals surface area contributed by atoms with Crippen LogP contribution in [0.5, 0.6) is 11.5 Å². The molecular formula is C32H26F6N4O5. The van der Waals surface area contributed by atoms with Crippen LogP contribution in [0.15, 0.2) is 42.6 Å². The van der Waals surface area contributed by atoms with E-state index in [9.17, 15) is 32.3 Å². The molecule has 47 heavy (non-hydrogen) atoms. The number of ether oxygens (including phenoxy) is 2. The average molecular weight is 661 g/mol. The second-order valence-corrected chi connectivity index (χ2v) is 11.9. The first-order valence-corrected chi connectivity index (χ1v) is 14.3. The number of halogens is 6. The van der Waals surface area contributed by atoms with E-state index in [0.717, 1.165) is 18.2 Å². The number of aryl methyl sites for hydroxylation is 1. The molecule has 0 saturated heterocycles. The summed E-state index contributed by atoms with van der Waals surface area (Å²) in [5.74, 6) is -7.42. The van der Waals surface area contributed by atoms with Gasteiger partial charge in [-0.15, -0.1) is 0 Å². The number of fused-ring (bicyclic) bond motifs is 2. The number of alkyl halides is 3. The van der Waals surface area contributed by atoms with E-state index in [-0.39, 0.29) is 47.2 Å². The third-order valence-electron chi connectivity index (χ3n) is 8.63. The molecule has 0 radical (unpaired) electrons. The Morgan fingerprint density at radius 2 is 1.87 bits per heavy atom. The van der Waals surface area contributed by atoms with Crippen LogP contribution in [-0.2, 0) is 15.8 Å². The van der Waals surface area contributed by atoms with Gasteiger partial charge in [-0.2, -0.15) is 8.78 Å². The number of amides is 2. The summed E-state index contributed by atoms with van der Waals surface area (Å²) >= 11 is 0. The van der Waals surface area contributed by atoms with Gasteiger partial charge < -0.3 is 25.6 Å². The molecule has 2 atom stereocenters. The molecule has 1 aliphatic carbocycles. The monoisotopic (exact) mass is 660 g/mol. The van der Waals surface area contributed by atoms with Crippen molar-refractivity contribution in [3.8, 4) is 22.8 Å². The fraction of sp³-hybridized carbons (Fsp3) is 0.312. The molecule has 4 aromatic rings. The molecule has 9 nitrogen and oxygen atoms in total. The predicted octanol–water partition coefficient (Wildman–Crippen LogP) is 4.88. The fourth-order valence-corrected chi connectivity index (χ4v) is 5.65. The van der Waals surface area contributed by atoms with Crippen molar-refractivity contribution >= 4 is 22.7 Å². The zero-order chi connectivity index (χ0) is 34.1. The standard InChI is InChI=1S/C32H26F6N4O5/c1-14-7-15-8-16(9-20(47-29(36)37)24(15)40-11-14)27(43)41-12-32(45,31(38)5-6-31)21-10-18-26(46-13-30(18,2)28(39)44)25(42-21)17-3-4-19(33)23(35)22(17)34/h3-4,7-11,29,45H,5-6,12-13H2,1-2H3,(H2,39,44)(H,41,43)/t30-,32?/m0/s1. The van der Waals surface area contributed by atoms with Gasteiger partial charge in [0.2, 0.25) is 5.91 Å². The number of nitrogens with two attached hydrogens (primary N) is 1. The van der Waals surface area contributed by atoms with Crippen molar-refractivity contribution in [1.82, 2.24) is 15.3 Å². The molecule has 6 rings (SSSR count). The molecule has 1 fully saturated rings. The van der Waals surface area contributed by atoms with Gasteiger partial charge in [-0.25, -0.2) is 22.5 Å². The van der Waals surface area contributed by atoms with Crippen molar-refractivity contribution in [1.29, 1.82) is 0 Å². The zero-order valence-corrected chi connectivity index (χ0v) is 24.8. The number of carbonyl (C=O) groups is 2. The number of aliphatic hydroxyl groups is 1. The molecule has 246 valence electrons. The number of hydrogen-bond acceptors (Lipinski definition) is 7. The minimum absolute atomic E-state index is 0.0330. The van der Waals surface area contributed by atoms with Crippen LogP contribution in [0.2, 0.25) is 0 Å². The molecule has 0 spiro atoms. The second kappa shape index (κ2) is 11.1. The summed E-state index contributed by atoms with van der Waals surface area (Å²) in [6.45, 7) is -1.37. The van der Waals surface area contributed by atoms with Gasteiger partial charge in [0, 0.05) is 28.3 Å². The summed E-state index contributed by atoms with van der Waals surface area (Å²) < 4.78 is 95.9. The van der Waals surface area contributed by atoms with Crippen LogP contribution in [-0.4, -0.2) is 52.3 Å². The van der Waals surface area contributed by atoms with E-state index < -0.39 is 81.8 Å². The Morgan fingerprint density at radius 3 is 2.53 bits per heavy atom. The third kappa shape index (κ3) is 5.27. The van der Waals surface area contributed by atoms with E-state index in [1.54, 1.807) is 13.0 Å². The van der Waals surface area contributed by atoms with Crippen LogP contribution in [0.3, 0.4) is 0 Å². The number of pyridine rings is 2. The van der Waals surface area contributed by atoms with Crippen LogP contribution in [0.1, 0.15) is 46.9 Å². The van der Waals surface area contributed by atoms with Crippen LogP contribution >= 0.6 is 0 Å². The maximum absolute atomic E-state index is 16.1. The smallest absolute Gasteiger partial charge is 0.387 e. The summed E-state index contributed by atoms with van der Waals surface area (Å²) in [7, 11) is 0. The van der Waals surface area contributed by atoms with Gasteiger partial charge in [0.05, 0.1) is 12.2 Å². The van der Waals surface area contributed by atoms with Gasteiger partial charge in [-0.1, -0.05) is 0 Å². The molecule has 2 aromatic carbocycles. The summed E-state index contributed by atoms with van der Waals surface area (Å²) in [5, 5.41) is 14.7. The molecule has 1 aliphatic heterocycles. The van der Waals surface area contributed by atoms with Crippen LogP contribution in [0.4, 0.5) is 26.3 Å². The Hall–Kier alpha value is -4.92. The number of carbonyl (C=O) groups excluding carboxylic acids is 2. The molecule has 0 bridgehead atoms. The van der Waals surface area contributed by atoms with Gasteiger partial charge in [0.25, 0.3) is 5.91 Å². The van der Waals surface area contributed by atoms with Crippen molar-refractivity contribution in [2.75, 3.05) is 13.2 Å². The Balaban J connectivity index is 1.44. The van der Waals surface area contributed by atoms with Crippen molar-refractivity contribution in [3.05, 3.63) is 82.4 Å². The van der Waals surface area contributed by atoms with Crippen LogP contribution in [0, 0.1) is 24.4 Å². The summed E-state index contributed by atoms with van der Waals surface area (Å²) in [6, 6.07) is 6.58. The zero-order valence-electron chi connectivity index (χ0n) is 24.8. The molecule has 1 unspecified atom stereocenters. The Labute approximate surface area is 262 Å². The van der Waals surface area contributed by atoms with Crippen molar-refractivity contribution in [3.63, 3.8) is 0 Å². The highest BCUT2D eigenvalue weighted by atomic mass is 19.3. The Morgan fingerprint density at radius 1 is 1.15 bits per heavy atom. The van der Waals surface area contributed by atoms with E-state index in [1.165, 1.54) is 19.2 Å². The lowest BCUT2D eigenvalue weighted by Crippen LogP contribution is -2.49. The molecule has 2 amide bonds. The SMILES string of the molecule is Cc1cnc2c(OC(F)F)cc(C(=O)NCC(O)(c3cc4c(c(-c5ccc(F)c(F)c5F)n3)OC[C@]4(C)C(N)=O)C3(F)CC3)cc2c1. The van der Waals surface area contributed by atoms with E-state index in [1.807, 2.05) is 0 Å². The fourth-order valence-electron chi connectivity index (χ4n) is 5.65. The largest absolute Gasteiger partial charge is 0.489 e. The predicted molar refractivity (Wildman–Crippen MR) is 154 cm³/mol. The minimum atomic E-state index is -3.24. The lowest BCUT2D eigenvalue weighted by atomic mass is 9.80. The highest BCUT2D eigenvalue weighted by Gasteiger charge is 2.62. The summed E-state index contributed by atoms with van der Waals surface area (Å²) in [4.78, 5) is 34.3. The van der Waals surface area contributed by atoms with Crippen molar-refractivity contribution in [2.24, 2.45) is 5.73 Å². The van der Waals surface area contributed by atoms with Gasteiger partial charge in [-0.3, -0.25) is 14.6 Å². The quantitative estimate of drug-likeness (QED) is 0.172. The number of benzene rings is 2. The van der Waals surface area contributed by atoms with Gasteiger partial charge in [0.1, 0.15) is 34.7 Å². The van der Waals surface area contributed by atoms with Crippen LogP contribution in [0.25, 0.3) is 22.2 Å². The van der Waals surface area contributed by atoms with Gasteiger partial charge >= 0.3 is 6.61 Å². The minimum Gasteiger partial charge on any atom is -0.489 e. The number of primary amides is 1. The molecule has 2 aliphatic rings.